The Kier molecular flexibility index (Phi) is 4.28. The van der Waals surface area contributed by atoms with E-state index < -0.39 is 0 Å². The van der Waals surface area contributed by atoms with Crippen LogP contribution in [-0.2, 0) is 4.74 Å². The van der Waals surface area contributed by atoms with Crippen LogP contribution in [0.5, 0.6) is 11.5 Å². The Morgan fingerprint density at radius 3 is 3.11 bits per heavy atom. The highest BCUT2D eigenvalue weighted by molar-refractivity contribution is 6.32. The molecule has 0 unspecified atom stereocenters. The zero-order valence-electron chi connectivity index (χ0n) is 9.99. The van der Waals surface area contributed by atoms with Gasteiger partial charge in [-0.1, -0.05) is 11.6 Å². The topological polar surface area (TPSA) is 56.8 Å². The van der Waals surface area contributed by atoms with E-state index in [-0.39, 0.29) is 12.7 Å². The molecule has 0 aliphatic carbocycles. The van der Waals surface area contributed by atoms with Gasteiger partial charge < -0.3 is 19.5 Å². The van der Waals surface area contributed by atoms with Crippen LogP contribution in [0.1, 0.15) is 17.3 Å². The van der Waals surface area contributed by atoms with Gasteiger partial charge in [0, 0.05) is 18.7 Å². The monoisotopic (exact) mass is 271 g/mol. The summed E-state index contributed by atoms with van der Waals surface area (Å²) in [4.78, 5) is 11.8. The first kappa shape index (κ1) is 13.0. The molecule has 1 heterocycles. The third kappa shape index (κ3) is 2.86. The smallest absolute Gasteiger partial charge is 0.251 e. The molecule has 1 aromatic rings. The fourth-order valence-electron chi connectivity index (χ4n) is 1.58. The first-order valence-corrected chi connectivity index (χ1v) is 6.05. The van der Waals surface area contributed by atoms with Crippen LogP contribution in [0, 0.1) is 0 Å². The maximum atomic E-state index is 11.8. The molecule has 0 saturated carbocycles. The van der Waals surface area contributed by atoms with Gasteiger partial charge in [-0.3, -0.25) is 4.79 Å². The summed E-state index contributed by atoms with van der Waals surface area (Å²) in [5, 5.41) is 3.11. The van der Waals surface area contributed by atoms with Gasteiger partial charge in [0.15, 0.2) is 11.5 Å². The lowest BCUT2D eigenvalue weighted by Gasteiger charge is -2.07. The van der Waals surface area contributed by atoms with Gasteiger partial charge in [0.05, 0.1) is 11.6 Å². The molecule has 1 aromatic carbocycles. The van der Waals surface area contributed by atoms with Crippen LogP contribution in [0.3, 0.4) is 0 Å². The first-order valence-electron chi connectivity index (χ1n) is 5.67. The molecular weight excluding hydrogens is 258 g/mol. The second-order valence-electron chi connectivity index (χ2n) is 3.64. The summed E-state index contributed by atoms with van der Waals surface area (Å²) in [6, 6.07) is 3.18. The van der Waals surface area contributed by atoms with E-state index in [1.54, 1.807) is 12.1 Å². The number of hydrogen-bond donors (Lipinski definition) is 1. The number of nitrogens with one attached hydrogen (secondary N) is 1. The van der Waals surface area contributed by atoms with E-state index in [4.69, 9.17) is 25.8 Å². The van der Waals surface area contributed by atoms with Gasteiger partial charge in [-0.05, 0) is 19.1 Å². The average Bonchev–Trinajstić information content (AvgIpc) is 2.83. The maximum Gasteiger partial charge on any atom is 0.251 e. The molecule has 1 amide bonds. The number of carbonyl (C=O) groups excluding carboxylic acids is 1. The number of rotatable bonds is 5. The lowest BCUT2D eigenvalue weighted by Crippen LogP contribution is -2.27. The van der Waals surface area contributed by atoms with Crippen LogP contribution in [0.4, 0.5) is 0 Å². The normalized spacial score (nSPS) is 12.6. The molecule has 2 rings (SSSR count). The SMILES string of the molecule is CCOCCNC(=O)c1cc(Cl)c2c(c1)OCO2. The van der Waals surface area contributed by atoms with Crippen molar-refractivity contribution in [2.75, 3.05) is 26.6 Å². The van der Waals surface area contributed by atoms with Crippen molar-refractivity contribution in [3.8, 4) is 11.5 Å². The van der Waals surface area contributed by atoms with E-state index >= 15 is 0 Å². The molecule has 1 aliphatic heterocycles. The zero-order valence-corrected chi connectivity index (χ0v) is 10.8. The summed E-state index contributed by atoms with van der Waals surface area (Å²) in [5.74, 6) is 0.773. The summed E-state index contributed by atoms with van der Waals surface area (Å²) in [6.07, 6.45) is 0. The molecule has 0 aromatic heterocycles. The highest BCUT2D eigenvalue weighted by atomic mass is 35.5. The number of fused-ring (bicyclic) bond motifs is 1. The van der Waals surface area contributed by atoms with E-state index in [9.17, 15) is 4.79 Å². The number of halogens is 1. The van der Waals surface area contributed by atoms with Crippen molar-refractivity contribution >= 4 is 17.5 Å². The van der Waals surface area contributed by atoms with Gasteiger partial charge in [-0.2, -0.15) is 0 Å². The Morgan fingerprint density at radius 1 is 1.50 bits per heavy atom. The van der Waals surface area contributed by atoms with E-state index in [0.717, 1.165) is 0 Å². The van der Waals surface area contributed by atoms with Crippen molar-refractivity contribution in [3.63, 3.8) is 0 Å². The first-order chi connectivity index (χ1) is 8.72. The second kappa shape index (κ2) is 5.93. The molecule has 0 saturated heterocycles. The average molecular weight is 272 g/mol. The molecule has 5 nitrogen and oxygen atoms in total. The third-order valence-corrected chi connectivity index (χ3v) is 2.71. The van der Waals surface area contributed by atoms with Crippen LogP contribution < -0.4 is 14.8 Å². The van der Waals surface area contributed by atoms with Gasteiger partial charge in [-0.15, -0.1) is 0 Å². The lowest BCUT2D eigenvalue weighted by atomic mass is 10.2. The van der Waals surface area contributed by atoms with Crippen LogP contribution in [0.2, 0.25) is 5.02 Å². The molecule has 0 bridgehead atoms. The molecule has 6 heteroatoms. The minimum atomic E-state index is -0.213. The number of ether oxygens (including phenoxy) is 3. The van der Waals surface area contributed by atoms with Crippen molar-refractivity contribution in [3.05, 3.63) is 22.7 Å². The number of benzene rings is 1. The summed E-state index contributed by atoms with van der Waals surface area (Å²) >= 11 is 5.99. The molecule has 0 fully saturated rings. The highest BCUT2D eigenvalue weighted by Crippen LogP contribution is 2.39. The number of amides is 1. The predicted molar refractivity (Wildman–Crippen MR) is 66.4 cm³/mol. The summed E-state index contributed by atoms with van der Waals surface area (Å²) in [6.45, 7) is 3.61. The molecule has 0 spiro atoms. The minimum absolute atomic E-state index is 0.129. The van der Waals surface area contributed by atoms with E-state index in [1.807, 2.05) is 6.92 Å². The minimum Gasteiger partial charge on any atom is -0.454 e. The summed E-state index contributed by atoms with van der Waals surface area (Å²) in [5.41, 5.74) is 0.445. The van der Waals surface area contributed by atoms with Gasteiger partial charge in [0.2, 0.25) is 6.79 Å². The van der Waals surface area contributed by atoms with Crippen LogP contribution >= 0.6 is 11.6 Å². The maximum absolute atomic E-state index is 11.8. The fourth-order valence-corrected chi connectivity index (χ4v) is 1.85. The number of carbonyl (C=O) groups is 1. The van der Waals surface area contributed by atoms with E-state index in [2.05, 4.69) is 5.32 Å². The highest BCUT2D eigenvalue weighted by Gasteiger charge is 2.20. The molecule has 0 radical (unpaired) electrons. The van der Waals surface area contributed by atoms with Crippen LogP contribution in [0.25, 0.3) is 0 Å². The molecule has 98 valence electrons. The second-order valence-corrected chi connectivity index (χ2v) is 4.05. The van der Waals surface area contributed by atoms with Gasteiger partial charge in [-0.25, -0.2) is 0 Å². The summed E-state index contributed by atoms with van der Waals surface area (Å²) < 4.78 is 15.5. The molecule has 1 aliphatic rings. The van der Waals surface area contributed by atoms with Crippen molar-refractivity contribution in [2.24, 2.45) is 0 Å². The molecular formula is C12H14ClNO4. The van der Waals surface area contributed by atoms with Crippen molar-refractivity contribution in [2.45, 2.75) is 6.92 Å². The molecule has 1 N–H and O–H groups in total. The van der Waals surface area contributed by atoms with Gasteiger partial charge >= 0.3 is 0 Å². The predicted octanol–water partition coefficient (Wildman–Crippen LogP) is 1.83. The van der Waals surface area contributed by atoms with E-state index in [0.29, 0.717) is 41.8 Å². The van der Waals surface area contributed by atoms with Gasteiger partial charge in [0.25, 0.3) is 5.91 Å². The third-order valence-electron chi connectivity index (χ3n) is 2.43. The lowest BCUT2D eigenvalue weighted by molar-refractivity contribution is 0.0922. The Balaban J connectivity index is 2.00. The molecule has 18 heavy (non-hydrogen) atoms. The Labute approximate surface area is 110 Å². The van der Waals surface area contributed by atoms with Crippen molar-refractivity contribution < 1.29 is 19.0 Å². The summed E-state index contributed by atoms with van der Waals surface area (Å²) in [7, 11) is 0. The Bertz CT molecular complexity index is 450. The quantitative estimate of drug-likeness (QED) is 0.830. The Hall–Kier alpha value is -1.46. The van der Waals surface area contributed by atoms with Crippen LogP contribution in [0.15, 0.2) is 12.1 Å². The molecule has 0 atom stereocenters. The van der Waals surface area contributed by atoms with Crippen molar-refractivity contribution in [1.82, 2.24) is 5.32 Å². The van der Waals surface area contributed by atoms with E-state index in [1.165, 1.54) is 0 Å². The van der Waals surface area contributed by atoms with Crippen LogP contribution in [-0.4, -0.2) is 32.5 Å². The zero-order chi connectivity index (χ0) is 13.0. The number of hydrogen-bond acceptors (Lipinski definition) is 4. The fraction of sp³-hybridized carbons (Fsp3) is 0.417. The van der Waals surface area contributed by atoms with Crippen molar-refractivity contribution in [1.29, 1.82) is 0 Å². The largest absolute Gasteiger partial charge is 0.454 e. The Morgan fingerprint density at radius 2 is 2.33 bits per heavy atom. The van der Waals surface area contributed by atoms with Gasteiger partial charge in [0.1, 0.15) is 0 Å². The standard InChI is InChI=1S/C12H14ClNO4/c1-2-16-4-3-14-12(15)8-5-9(13)11-10(6-8)17-7-18-11/h5-6H,2-4,7H2,1H3,(H,14,15).